The number of amides is 2. The van der Waals surface area contributed by atoms with Crippen molar-refractivity contribution in [2.24, 2.45) is 5.92 Å². The van der Waals surface area contributed by atoms with Crippen LogP contribution in [0.3, 0.4) is 0 Å². The van der Waals surface area contributed by atoms with Crippen LogP contribution in [0.5, 0.6) is 0 Å². The molecule has 0 saturated carbocycles. The number of alkyl carbamates (subject to hydrolysis) is 1. The van der Waals surface area contributed by atoms with Gasteiger partial charge in [0.2, 0.25) is 5.91 Å². The molecule has 0 radical (unpaired) electrons. The van der Waals surface area contributed by atoms with Crippen molar-refractivity contribution in [1.82, 2.24) is 10.6 Å². The fourth-order valence-electron chi connectivity index (χ4n) is 4.44. The van der Waals surface area contributed by atoms with Gasteiger partial charge in [-0.15, -0.1) is 0 Å². The van der Waals surface area contributed by atoms with Crippen molar-refractivity contribution in [2.45, 2.75) is 51.7 Å². The molecule has 0 aliphatic heterocycles. The average Bonchev–Trinajstić information content (AvgIpc) is 3.14. The lowest BCUT2D eigenvalue weighted by Gasteiger charge is -2.22. The molecular formula is C27H34N2O6. The number of carboxylic acid groups (broad SMARTS) is 1. The Morgan fingerprint density at radius 2 is 1.60 bits per heavy atom. The van der Waals surface area contributed by atoms with Crippen LogP contribution in [0.25, 0.3) is 11.1 Å². The van der Waals surface area contributed by atoms with Crippen LogP contribution in [0.15, 0.2) is 48.5 Å². The van der Waals surface area contributed by atoms with Crippen LogP contribution in [0.1, 0.15) is 50.7 Å². The molecule has 2 aromatic rings. The van der Waals surface area contributed by atoms with Crippen molar-refractivity contribution in [3.05, 3.63) is 59.7 Å². The average molecular weight is 483 g/mol. The fraction of sp³-hybridized carbons (Fsp3) is 0.444. The summed E-state index contributed by atoms with van der Waals surface area (Å²) >= 11 is 0. The molecule has 3 N–H and O–H groups in total. The highest BCUT2D eigenvalue weighted by molar-refractivity contribution is 5.86. The highest BCUT2D eigenvalue weighted by atomic mass is 16.5. The fourth-order valence-corrected chi connectivity index (χ4v) is 4.44. The molecule has 3 rings (SSSR count). The van der Waals surface area contributed by atoms with E-state index in [0.717, 1.165) is 22.3 Å². The molecule has 0 aromatic heterocycles. The van der Waals surface area contributed by atoms with Crippen LogP contribution in [-0.4, -0.2) is 55.0 Å². The largest absolute Gasteiger partial charge is 0.481 e. The zero-order valence-electron chi connectivity index (χ0n) is 20.5. The summed E-state index contributed by atoms with van der Waals surface area (Å²) in [6, 6.07) is 15.3. The van der Waals surface area contributed by atoms with E-state index >= 15 is 0 Å². The van der Waals surface area contributed by atoms with Gasteiger partial charge >= 0.3 is 12.1 Å². The van der Waals surface area contributed by atoms with E-state index < -0.39 is 30.1 Å². The normalized spacial score (nSPS) is 14.1. The Morgan fingerprint density at radius 3 is 2.14 bits per heavy atom. The summed E-state index contributed by atoms with van der Waals surface area (Å²) in [5.74, 6) is -1.34. The molecule has 1 aliphatic carbocycles. The van der Waals surface area contributed by atoms with Gasteiger partial charge in [0.1, 0.15) is 12.6 Å². The van der Waals surface area contributed by atoms with Crippen LogP contribution in [0.2, 0.25) is 0 Å². The van der Waals surface area contributed by atoms with Gasteiger partial charge in [-0.1, -0.05) is 62.4 Å². The van der Waals surface area contributed by atoms with Crippen molar-refractivity contribution in [3.8, 4) is 11.1 Å². The number of aliphatic carboxylic acids is 1. The van der Waals surface area contributed by atoms with E-state index in [1.807, 2.05) is 50.2 Å². The summed E-state index contributed by atoms with van der Waals surface area (Å²) in [6.07, 6.45) is -1.12. The molecule has 2 amide bonds. The van der Waals surface area contributed by atoms with Crippen molar-refractivity contribution >= 4 is 18.0 Å². The SMILES string of the molecule is CCOC(CNC(=O)C(CC(C)C)NC(=O)OCC1c2ccccc2-c2ccccc21)CC(=O)O. The van der Waals surface area contributed by atoms with Gasteiger partial charge in [-0.25, -0.2) is 4.79 Å². The molecule has 8 heteroatoms. The number of benzene rings is 2. The van der Waals surface area contributed by atoms with Gasteiger partial charge in [-0.3, -0.25) is 9.59 Å². The monoisotopic (exact) mass is 482 g/mol. The second-order valence-electron chi connectivity index (χ2n) is 9.07. The number of carbonyl (C=O) groups excluding carboxylic acids is 2. The highest BCUT2D eigenvalue weighted by Gasteiger charge is 2.30. The molecule has 2 aromatic carbocycles. The van der Waals surface area contributed by atoms with Gasteiger partial charge in [-0.05, 0) is 41.5 Å². The lowest BCUT2D eigenvalue weighted by Crippen LogP contribution is -2.49. The van der Waals surface area contributed by atoms with Crippen molar-refractivity contribution in [1.29, 1.82) is 0 Å². The Hall–Kier alpha value is -3.39. The lowest BCUT2D eigenvalue weighted by molar-refractivity contribution is -0.140. The quantitative estimate of drug-likeness (QED) is 0.422. The Kier molecular flexibility index (Phi) is 9.25. The van der Waals surface area contributed by atoms with E-state index in [0.29, 0.717) is 13.0 Å². The second kappa shape index (κ2) is 12.4. The zero-order valence-corrected chi connectivity index (χ0v) is 20.5. The molecule has 0 fully saturated rings. The van der Waals surface area contributed by atoms with Gasteiger partial charge in [0.15, 0.2) is 0 Å². The summed E-state index contributed by atoms with van der Waals surface area (Å²) in [5.41, 5.74) is 4.50. The van der Waals surface area contributed by atoms with Crippen LogP contribution in [-0.2, 0) is 19.1 Å². The first-order chi connectivity index (χ1) is 16.8. The molecule has 8 nitrogen and oxygen atoms in total. The number of hydrogen-bond donors (Lipinski definition) is 3. The number of nitrogens with one attached hydrogen (secondary N) is 2. The molecule has 0 bridgehead atoms. The Balaban J connectivity index is 1.61. The maximum absolute atomic E-state index is 12.8. The van der Waals surface area contributed by atoms with E-state index in [1.165, 1.54) is 0 Å². The third-order valence-corrected chi connectivity index (χ3v) is 5.97. The van der Waals surface area contributed by atoms with E-state index in [9.17, 15) is 14.4 Å². The molecule has 0 heterocycles. The van der Waals surface area contributed by atoms with E-state index in [-0.39, 0.29) is 31.4 Å². The molecule has 0 saturated heterocycles. The predicted molar refractivity (Wildman–Crippen MR) is 132 cm³/mol. The predicted octanol–water partition coefficient (Wildman–Crippen LogP) is 3.94. The standard InChI is InChI=1S/C27H34N2O6/c1-4-34-18(14-25(30)31)15-28-26(32)24(13-17(2)3)29-27(33)35-16-23-21-11-7-5-9-19(21)20-10-6-8-12-22(20)23/h5-12,17-18,23-24H,4,13-16H2,1-3H3,(H,28,32)(H,29,33)(H,30,31). The van der Waals surface area contributed by atoms with Crippen LogP contribution < -0.4 is 10.6 Å². The maximum atomic E-state index is 12.8. The number of ether oxygens (including phenoxy) is 2. The van der Waals surface area contributed by atoms with Gasteiger partial charge < -0.3 is 25.2 Å². The van der Waals surface area contributed by atoms with Crippen LogP contribution in [0.4, 0.5) is 4.79 Å². The molecule has 35 heavy (non-hydrogen) atoms. The van der Waals surface area contributed by atoms with E-state index in [4.69, 9.17) is 14.6 Å². The topological polar surface area (TPSA) is 114 Å². The van der Waals surface area contributed by atoms with Crippen molar-refractivity contribution < 1.29 is 29.0 Å². The zero-order chi connectivity index (χ0) is 25.4. The van der Waals surface area contributed by atoms with Crippen LogP contribution >= 0.6 is 0 Å². The molecule has 1 aliphatic rings. The van der Waals surface area contributed by atoms with Gasteiger partial charge in [0, 0.05) is 19.1 Å². The smallest absolute Gasteiger partial charge is 0.407 e. The van der Waals surface area contributed by atoms with Gasteiger partial charge in [0.25, 0.3) is 0 Å². The number of fused-ring (bicyclic) bond motifs is 3. The first kappa shape index (κ1) is 26.2. The molecule has 2 atom stereocenters. The molecule has 2 unspecified atom stereocenters. The van der Waals surface area contributed by atoms with Crippen molar-refractivity contribution in [3.63, 3.8) is 0 Å². The minimum atomic E-state index is -1.01. The van der Waals surface area contributed by atoms with E-state index in [1.54, 1.807) is 6.92 Å². The second-order valence-corrected chi connectivity index (χ2v) is 9.07. The molecule has 0 spiro atoms. The Bertz CT molecular complexity index is 992. The summed E-state index contributed by atoms with van der Waals surface area (Å²) in [4.78, 5) is 36.5. The summed E-state index contributed by atoms with van der Waals surface area (Å²) in [7, 11) is 0. The molecule has 188 valence electrons. The summed E-state index contributed by atoms with van der Waals surface area (Å²) < 4.78 is 11.0. The summed E-state index contributed by atoms with van der Waals surface area (Å²) in [5, 5.41) is 14.4. The van der Waals surface area contributed by atoms with Crippen molar-refractivity contribution in [2.75, 3.05) is 19.8 Å². The van der Waals surface area contributed by atoms with Crippen LogP contribution in [0, 0.1) is 5.92 Å². The maximum Gasteiger partial charge on any atom is 0.407 e. The summed E-state index contributed by atoms with van der Waals surface area (Å²) in [6.45, 7) is 6.19. The number of hydrogen-bond acceptors (Lipinski definition) is 5. The molecular weight excluding hydrogens is 448 g/mol. The Labute approximate surface area is 206 Å². The number of carboxylic acids is 1. The van der Waals surface area contributed by atoms with E-state index in [2.05, 4.69) is 22.8 Å². The third-order valence-electron chi connectivity index (χ3n) is 5.97. The van der Waals surface area contributed by atoms with Gasteiger partial charge in [-0.2, -0.15) is 0 Å². The third kappa shape index (κ3) is 7.05. The van der Waals surface area contributed by atoms with Gasteiger partial charge in [0.05, 0.1) is 12.5 Å². The highest BCUT2D eigenvalue weighted by Crippen LogP contribution is 2.44. The number of rotatable bonds is 12. The lowest BCUT2D eigenvalue weighted by atomic mass is 9.98. The first-order valence-corrected chi connectivity index (χ1v) is 12.0. The minimum Gasteiger partial charge on any atom is -0.481 e. The Morgan fingerprint density at radius 1 is 1.00 bits per heavy atom. The number of carbonyl (C=O) groups is 3. The first-order valence-electron chi connectivity index (χ1n) is 12.0. The minimum absolute atomic E-state index is 0.0416.